The molecule has 27 heavy (non-hydrogen) atoms. The van der Waals surface area contributed by atoms with E-state index in [1.165, 1.54) is 11.3 Å². The average molecular weight is 392 g/mol. The van der Waals surface area contributed by atoms with E-state index in [0.29, 0.717) is 22.8 Å². The normalized spacial score (nSPS) is 21.2. The maximum absolute atomic E-state index is 12.9. The molecule has 1 fully saturated rings. The number of amides is 2. The summed E-state index contributed by atoms with van der Waals surface area (Å²) >= 11 is 6.15. The molecule has 0 spiro atoms. The highest BCUT2D eigenvalue weighted by Gasteiger charge is 2.37. The van der Waals surface area contributed by atoms with E-state index in [0.717, 1.165) is 31.5 Å². The SMILES string of the molecule is CCOC(=O)C1=C(CN2CCCCC2)N(C)C(=O)NC1c1cccc(Cl)c1. The Bertz CT molecular complexity index is 744. The van der Waals surface area contributed by atoms with Crippen LogP contribution >= 0.6 is 11.6 Å². The first-order valence-corrected chi connectivity index (χ1v) is 9.81. The van der Waals surface area contributed by atoms with E-state index in [4.69, 9.17) is 16.3 Å². The molecule has 0 aliphatic carbocycles. The highest BCUT2D eigenvalue weighted by molar-refractivity contribution is 6.30. The van der Waals surface area contributed by atoms with Crippen LogP contribution in [0.15, 0.2) is 35.5 Å². The second-order valence-corrected chi connectivity index (χ2v) is 7.35. The second kappa shape index (κ2) is 8.76. The van der Waals surface area contributed by atoms with Crippen LogP contribution in [0.3, 0.4) is 0 Å². The number of ether oxygens (including phenoxy) is 1. The van der Waals surface area contributed by atoms with E-state index in [-0.39, 0.29) is 12.6 Å². The van der Waals surface area contributed by atoms with Crippen molar-refractivity contribution in [3.63, 3.8) is 0 Å². The number of halogens is 1. The van der Waals surface area contributed by atoms with Crippen LogP contribution in [-0.4, -0.2) is 55.1 Å². The molecule has 1 aromatic rings. The zero-order valence-corrected chi connectivity index (χ0v) is 16.6. The number of nitrogens with zero attached hydrogens (tertiary/aromatic N) is 2. The summed E-state index contributed by atoms with van der Waals surface area (Å²) in [5.41, 5.74) is 1.94. The summed E-state index contributed by atoms with van der Waals surface area (Å²) in [4.78, 5) is 29.3. The van der Waals surface area contributed by atoms with Crippen molar-refractivity contribution in [3.8, 4) is 0 Å². The number of rotatable bonds is 5. The van der Waals surface area contributed by atoms with Gasteiger partial charge in [0.2, 0.25) is 0 Å². The zero-order chi connectivity index (χ0) is 19.4. The second-order valence-electron chi connectivity index (χ2n) is 6.91. The fourth-order valence-electron chi connectivity index (χ4n) is 3.66. The molecule has 2 heterocycles. The Morgan fingerprint density at radius 3 is 2.70 bits per heavy atom. The Morgan fingerprint density at radius 2 is 2.04 bits per heavy atom. The lowest BCUT2D eigenvalue weighted by Gasteiger charge is -2.37. The zero-order valence-electron chi connectivity index (χ0n) is 15.8. The summed E-state index contributed by atoms with van der Waals surface area (Å²) in [7, 11) is 1.70. The van der Waals surface area contributed by atoms with Crippen molar-refractivity contribution in [2.75, 3.05) is 33.3 Å². The smallest absolute Gasteiger partial charge is 0.338 e. The summed E-state index contributed by atoms with van der Waals surface area (Å²) in [6, 6.07) is 6.40. The fraction of sp³-hybridized carbons (Fsp3) is 0.500. The molecule has 146 valence electrons. The van der Waals surface area contributed by atoms with Gasteiger partial charge in [0.15, 0.2) is 0 Å². The number of likely N-dealkylation sites (tertiary alicyclic amines) is 1. The third kappa shape index (κ3) is 4.45. The Labute approximate surface area is 165 Å². The van der Waals surface area contributed by atoms with Gasteiger partial charge in [0.05, 0.1) is 18.2 Å². The van der Waals surface area contributed by atoms with Crippen LogP contribution < -0.4 is 5.32 Å². The van der Waals surface area contributed by atoms with E-state index in [9.17, 15) is 9.59 Å². The first-order valence-electron chi connectivity index (χ1n) is 9.43. The highest BCUT2D eigenvalue weighted by Crippen LogP contribution is 2.32. The Morgan fingerprint density at radius 1 is 1.30 bits per heavy atom. The molecule has 6 nitrogen and oxygen atoms in total. The van der Waals surface area contributed by atoms with E-state index in [1.54, 1.807) is 26.1 Å². The monoisotopic (exact) mass is 391 g/mol. The minimum atomic E-state index is -0.578. The number of carbonyl (C=O) groups excluding carboxylic acids is 2. The van der Waals surface area contributed by atoms with Crippen LogP contribution in [-0.2, 0) is 9.53 Å². The predicted molar refractivity (Wildman–Crippen MR) is 104 cm³/mol. The van der Waals surface area contributed by atoms with E-state index in [2.05, 4.69) is 10.2 Å². The molecule has 1 unspecified atom stereocenters. The maximum atomic E-state index is 12.9. The van der Waals surface area contributed by atoms with Gasteiger partial charge in [-0.05, 0) is 50.6 Å². The van der Waals surface area contributed by atoms with Crippen molar-refractivity contribution in [2.24, 2.45) is 0 Å². The summed E-state index contributed by atoms with van der Waals surface area (Å²) < 4.78 is 5.34. The molecule has 1 N–H and O–H groups in total. The lowest BCUT2D eigenvalue weighted by Crippen LogP contribution is -2.49. The minimum Gasteiger partial charge on any atom is -0.463 e. The topological polar surface area (TPSA) is 61.9 Å². The van der Waals surface area contributed by atoms with Crippen LogP contribution in [0.4, 0.5) is 4.79 Å². The first kappa shape index (κ1) is 19.7. The summed E-state index contributed by atoms with van der Waals surface area (Å²) in [6.07, 6.45) is 3.49. The Balaban J connectivity index is 2.04. The fourth-order valence-corrected chi connectivity index (χ4v) is 3.86. The quantitative estimate of drug-likeness (QED) is 0.782. The van der Waals surface area contributed by atoms with Gasteiger partial charge in [-0.25, -0.2) is 9.59 Å². The van der Waals surface area contributed by atoms with Crippen molar-refractivity contribution >= 4 is 23.6 Å². The molecule has 3 rings (SSSR count). The molecule has 0 radical (unpaired) electrons. The molecule has 0 aromatic heterocycles. The number of hydrogen-bond acceptors (Lipinski definition) is 4. The van der Waals surface area contributed by atoms with E-state index in [1.807, 2.05) is 12.1 Å². The van der Waals surface area contributed by atoms with Gasteiger partial charge >= 0.3 is 12.0 Å². The molecular weight excluding hydrogens is 366 g/mol. The molecule has 1 atom stereocenters. The van der Waals surface area contributed by atoms with Gasteiger partial charge in [-0.3, -0.25) is 9.80 Å². The summed E-state index contributed by atoms with van der Waals surface area (Å²) in [5.74, 6) is -0.402. The molecule has 2 amide bonds. The molecular formula is C20H26ClN3O3. The number of piperidine rings is 1. The number of hydrogen-bond donors (Lipinski definition) is 1. The van der Waals surface area contributed by atoms with Gasteiger partial charge in [0, 0.05) is 24.3 Å². The van der Waals surface area contributed by atoms with E-state index < -0.39 is 12.0 Å². The predicted octanol–water partition coefficient (Wildman–Crippen LogP) is 3.34. The van der Waals surface area contributed by atoms with E-state index >= 15 is 0 Å². The summed E-state index contributed by atoms with van der Waals surface area (Å²) in [5, 5.41) is 3.47. The van der Waals surface area contributed by atoms with Crippen LogP contribution in [0.25, 0.3) is 0 Å². The first-order chi connectivity index (χ1) is 13.0. The number of nitrogens with one attached hydrogen (secondary N) is 1. The van der Waals surface area contributed by atoms with Crippen molar-refractivity contribution in [1.29, 1.82) is 0 Å². The lowest BCUT2D eigenvalue weighted by atomic mass is 9.94. The number of carbonyl (C=O) groups is 2. The van der Waals surface area contributed by atoms with Crippen molar-refractivity contribution in [1.82, 2.24) is 15.1 Å². The summed E-state index contributed by atoms with van der Waals surface area (Å²) in [6.45, 7) is 4.55. The number of urea groups is 1. The van der Waals surface area contributed by atoms with Gasteiger partial charge in [-0.2, -0.15) is 0 Å². The molecule has 0 saturated carbocycles. The number of benzene rings is 1. The molecule has 7 heteroatoms. The van der Waals surface area contributed by atoms with Crippen molar-refractivity contribution in [3.05, 3.63) is 46.1 Å². The third-order valence-corrected chi connectivity index (χ3v) is 5.31. The van der Waals surface area contributed by atoms with Gasteiger partial charge in [-0.15, -0.1) is 0 Å². The molecule has 1 aromatic carbocycles. The van der Waals surface area contributed by atoms with Gasteiger partial charge in [0.1, 0.15) is 0 Å². The standard InChI is InChI=1S/C20H26ClN3O3/c1-3-27-19(25)17-16(13-24-10-5-4-6-11-24)23(2)20(26)22-18(17)14-8-7-9-15(21)12-14/h7-9,12,18H,3-6,10-11,13H2,1-2H3,(H,22,26). The van der Waals surface area contributed by atoms with Gasteiger partial charge < -0.3 is 10.1 Å². The highest BCUT2D eigenvalue weighted by atomic mass is 35.5. The number of likely N-dealkylation sites (N-methyl/N-ethyl adjacent to an activating group) is 1. The Hall–Kier alpha value is -2.05. The molecule has 1 saturated heterocycles. The van der Waals surface area contributed by atoms with Crippen molar-refractivity contribution in [2.45, 2.75) is 32.2 Å². The van der Waals surface area contributed by atoms with Crippen LogP contribution in [0.2, 0.25) is 5.02 Å². The third-order valence-electron chi connectivity index (χ3n) is 5.08. The van der Waals surface area contributed by atoms with Crippen molar-refractivity contribution < 1.29 is 14.3 Å². The largest absolute Gasteiger partial charge is 0.463 e. The average Bonchev–Trinajstić information content (AvgIpc) is 2.66. The minimum absolute atomic E-state index is 0.236. The van der Waals surface area contributed by atoms with Gasteiger partial charge in [-0.1, -0.05) is 30.2 Å². The Kier molecular flexibility index (Phi) is 6.39. The number of esters is 1. The van der Waals surface area contributed by atoms with Crippen LogP contribution in [0.1, 0.15) is 37.8 Å². The van der Waals surface area contributed by atoms with Gasteiger partial charge in [0.25, 0.3) is 0 Å². The maximum Gasteiger partial charge on any atom is 0.338 e. The molecule has 2 aliphatic rings. The molecule has 0 bridgehead atoms. The van der Waals surface area contributed by atoms with Crippen LogP contribution in [0, 0.1) is 0 Å². The lowest BCUT2D eigenvalue weighted by molar-refractivity contribution is -0.139. The van der Waals surface area contributed by atoms with Crippen LogP contribution in [0.5, 0.6) is 0 Å². The molecule has 2 aliphatic heterocycles.